The van der Waals surface area contributed by atoms with Crippen molar-refractivity contribution in [1.29, 1.82) is 0 Å². The van der Waals surface area contributed by atoms with Gasteiger partial charge in [-0.1, -0.05) is 12.1 Å². The standard InChI is InChI=1S/C14H19N3/c1-10-4-5-13(6-7-15)9-14(10)17-12(3)8-11(2)16-17/h4-5,8-9H,6-7,15H2,1-3H3. The quantitative estimate of drug-likeness (QED) is 0.877. The van der Waals surface area contributed by atoms with Gasteiger partial charge in [0.25, 0.3) is 0 Å². The van der Waals surface area contributed by atoms with Crippen molar-refractivity contribution in [2.45, 2.75) is 27.2 Å². The van der Waals surface area contributed by atoms with Crippen molar-refractivity contribution in [3.63, 3.8) is 0 Å². The number of nitrogens with two attached hydrogens (primary N) is 1. The van der Waals surface area contributed by atoms with Crippen molar-refractivity contribution in [2.24, 2.45) is 5.73 Å². The highest BCUT2D eigenvalue weighted by Crippen LogP contribution is 2.18. The van der Waals surface area contributed by atoms with Gasteiger partial charge in [-0.15, -0.1) is 0 Å². The van der Waals surface area contributed by atoms with E-state index in [9.17, 15) is 0 Å². The predicted octanol–water partition coefficient (Wildman–Crippen LogP) is 2.30. The summed E-state index contributed by atoms with van der Waals surface area (Å²) >= 11 is 0. The molecule has 1 aromatic heterocycles. The molecule has 3 heteroatoms. The van der Waals surface area contributed by atoms with E-state index in [0.717, 1.165) is 23.5 Å². The van der Waals surface area contributed by atoms with E-state index in [1.54, 1.807) is 0 Å². The lowest BCUT2D eigenvalue weighted by molar-refractivity contribution is 0.823. The molecular weight excluding hydrogens is 210 g/mol. The molecule has 17 heavy (non-hydrogen) atoms. The van der Waals surface area contributed by atoms with E-state index in [2.05, 4.69) is 43.2 Å². The van der Waals surface area contributed by atoms with Crippen LogP contribution in [0.5, 0.6) is 0 Å². The van der Waals surface area contributed by atoms with E-state index < -0.39 is 0 Å². The third-order valence-corrected chi connectivity index (χ3v) is 2.94. The zero-order chi connectivity index (χ0) is 12.4. The van der Waals surface area contributed by atoms with Crippen molar-refractivity contribution in [2.75, 3.05) is 6.54 Å². The van der Waals surface area contributed by atoms with Crippen molar-refractivity contribution >= 4 is 0 Å². The lowest BCUT2D eigenvalue weighted by atomic mass is 10.1. The third kappa shape index (κ3) is 2.39. The average Bonchev–Trinajstić information content (AvgIpc) is 2.61. The highest BCUT2D eigenvalue weighted by molar-refractivity contribution is 5.44. The van der Waals surface area contributed by atoms with E-state index >= 15 is 0 Å². The van der Waals surface area contributed by atoms with E-state index in [-0.39, 0.29) is 0 Å². The molecule has 2 N–H and O–H groups in total. The van der Waals surface area contributed by atoms with Gasteiger partial charge in [0.2, 0.25) is 0 Å². The fourth-order valence-corrected chi connectivity index (χ4v) is 2.08. The smallest absolute Gasteiger partial charge is 0.0680 e. The summed E-state index contributed by atoms with van der Waals surface area (Å²) in [4.78, 5) is 0. The lowest BCUT2D eigenvalue weighted by Gasteiger charge is -2.10. The molecule has 0 bridgehead atoms. The zero-order valence-electron chi connectivity index (χ0n) is 10.7. The summed E-state index contributed by atoms with van der Waals surface area (Å²) in [7, 11) is 0. The Morgan fingerprint density at radius 1 is 1.18 bits per heavy atom. The number of nitrogens with zero attached hydrogens (tertiary/aromatic N) is 2. The molecule has 0 aliphatic heterocycles. The van der Waals surface area contributed by atoms with E-state index in [4.69, 9.17) is 5.73 Å². The summed E-state index contributed by atoms with van der Waals surface area (Å²) < 4.78 is 2.00. The fraction of sp³-hybridized carbons (Fsp3) is 0.357. The highest BCUT2D eigenvalue weighted by atomic mass is 15.3. The number of aryl methyl sites for hydroxylation is 3. The molecule has 0 saturated heterocycles. The van der Waals surface area contributed by atoms with Crippen LogP contribution in [0.2, 0.25) is 0 Å². The number of hydrogen-bond acceptors (Lipinski definition) is 2. The molecule has 0 saturated carbocycles. The summed E-state index contributed by atoms with van der Waals surface area (Å²) in [6.45, 7) is 6.88. The zero-order valence-corrected chi connectivity index (χ0v) is 10.7. The van der Waals surface area contributed by atoms with Gasteiger partial charge in [0.05, 0.1) is 11.4 Å². The first-order valence-electron chi connectivity index (χ1n) is 5.95. The summed E-state index contributed by atoms with van der Waals surface area (Å²) in [5.74, 6) is 0. The maximum atomic E-state index is 5.60. The second kappa shape index (κ2) is 4.72. The van der Waals surface area contributed by atoms with Gasteiger partial charge < -0.3 is 5.73 Å². The van der Waals surface area contributed by atoms with Crippen molar-refractivity contribution in [3.8, 4) is 5.69 Å². The number of rotatable bonds is 3. The van der Waals surface area contributed by atoms with Crippen LogP contribution >= 0.6 is 0 Å². The van der Waals surface area contributed by atoms with Crippen LogP contribution < -0.4 is 5.73 Å². The van der Waals surface area contributed by atoms with Crippen LogP contribution in [0.4, 0.5) is 0 Å². The minimum Gasteiger partial charge on any atom is -0.330 e. The molecule has 0 amide bonds. The number of aromatic nitrogens is 2. The Morgan fingerprint density at radius 2 is 1.94 bits per heavy atom. The molecule has 2 aromatic rings. The summed E-state index contributed by atoms with van der Waals surface area (Å²) in [6.07, 6.45) is 0.909. The molecule has 0 radical (unpaired) electrons. The molecule has 0 fully saturated rings. The molecule has 0 aliphatic carbocycles. The van der Waals surface area contributed by atoms with Crippen molar-refractivity contribution < 1.29 is 0 Å². The van der Waals surface area contributed by atoms with Crippen molar-refractivity contribution in [1.82, 2.24) is 9.78 Å². The molecule has 0 atom stereocenters. The van der Waals surface area contributed by atoms with E-state index in [1.807, 2.05) is 11.6 Å². The first-order chi connectivity index (χ1) is 8.11. The van der Waals surface area contributed by atoms with Gasteiger partial charge >= 0.3 is 0 Å². The molecule has 1 aromatic carbocycles. The Morgan fingerprint density at radius 3 is 2.53 bits per heavy atom. The van der Waals surface area contributed by atoms with Gasteiger partial charge in [0, 0.05) is 5.69 Å². The van der Waals surface area contributed by atoms with Gasteiger partial charge in [0.1, 0.15) is 0 Å². The monoisotopic (exact) mass is 229 g/mol. The molecule has 1 heterocycles. The summed E-state index contributed by atoms with van der Waals surface area (Å²) in [6, 6.07) is 8.55. The predicted molar refractivity (Wildman–Crippen MR) is 70.5 cm³/mol. The molecular formula is C14H19N3. The minimum absolute atomic E-state index is 0.680. The maximum absolute atomic E-state index is 5.60. The Kier molecular flexibility index (Phi) is 3.29. The molecule has 2 rings (SSSR count). The van der Waals surface area contributed by atoms with Crippen molar-refractivity contribution in [3.05, 3.63) is 46.8 Å². The third-order valence-electron chi connectivity index (χ3n) is 2.94. The summed E-state index contributed by atoms with van der Waals surface area (Å²) in [5, 5.41) is 4.53. The SMILES string of the molecule is Cc1cc(C)n(-c2cc(CCN)ccc2C)n1. The normalized spacial score (nSPS) is 10.8. The number of benzene rings is 1. The Balaban J connectivity index is 2.50. The first kappa shape index (κ1) is 11.9. The van der Waals surface area contributed by atoms with Gasteiger partial charge in [0.15, 0.2) is 0 Å². The second-order valence-electron chi connectivity index (χ2n) is 4.50. The van der Waals surface area contributed by atoms with Crippen LogP contribution in [0, 0.1) is 20.8 Å². The van der Waals surface area contributed by atoms with Crippen LogP contribution in [0.3, 0.4) is 0 Å². The Bertz CT molecular complexity index is 526. The maximum Gasteiger partial charge on any atom is 0.0680 e. The summed E-state index contributed by atoms with van der Waals surface area (Å²) in [5.41, 5.74) is 11.5. The molecule has 0 aliphatic rings. The fourth-order valence-electron chi connectivity index (χ4n) is 2.08. The van der Waals surface area contributed by atoms with Crippen LogP contribution in [-0.2, 0) is 6.42 Å². The van der Waals surface area contributed by atoms with Gasteiger partial charge in [-0.25, -0.2) is 4.68 Å². The lowest BCUT2D eigenvalue weighted by Crippen LogP contribution is -2.06. The largest absolute Gasteiger partial charge is 0.330 e. The first-order valence-corrected chi connectivity index (χ1v) is 5.95. The topological polar surface area (TPSA) is 43.8 Å². The Hall–Kier alpha value is -1.61. The van der Waals surface area contributed by atoms with Gasteiger partial charge in [-0.3, -0.25) is 0 Å². The molecule has 90 valence electrons. The minimum atomic E-state index is 0.680. The van der Waals surface area contributed by atoms with Crippen LogP contribution in [-0.4, -0.2) is 16.3 Å². The van der Waals surface area contributed by atoms with E-state index in [1.165, 1.54) is 11.1 Å². The van der Waals surface area contributed by atoms with Gasteiger partial charge in [-0.2, -0.15) is 5.10 Å². The van der Waals surface area contributed by atoms with Crippen LogP contribution in [0.1, 0.15) is 22.5 Å². The average molecular weight is 229 g/mol. The second-order valence-corrected chi connectivity index (χ2v) is 4.50. The van der Waals surface area contributed by atoms with E-state index in [0.29, 0.717) is 6.54 Å². The Labute approximate surface area is 102 Å². The molecule has 0 spiro atoms. The molecule has 3 nitrogen and oxygen atoms in total. The van der Waals surface area contributed by atoms with Crippen LogP contribution in [0.25, 0.3) is 5.69 Å². The molecule has 0 unspecified atom stereocenters. The van der Waals surface area contributed by atoms with Crippen LogP contribution in [0.15, 0.2) is 24.3 Å². The highest BCUT2D eigenvalue weighted by Gasteiger charge is 2.07. The van der Waals surface area contributed by atoms with Gasteiger partial charge in [-0.05, 0) is 57.0 Å². The number of hydrogen-bond donors (Lipinski definition) is 1.